The first-order valence-corrected chi connectivity index (χ1v) is 5.06. The minimum atomic E-state index is -0.886. The van der Waals surface area contributed by atoms with Crippen LogP contribution in [-0.4, -0.2) is 23.4 Å². The van der Waals surface area contributed by atoms with Crippen LogP contribution in [0.3, 0.4) is 0 Å². The molecule has 1 atom stereocenters. The van der Waals surface area contributed by atoms with Gasteiger partial charge in [-0.25, -0.2) is 0 Å². The van der Waals surface area contributed by atoms with Gasteiger partial charge in [0.1, 0.15) is 5.78 Å². The second kappa shape index (κ2) is 7.50. The number of carbonyl (C=O) groups excluding carboxylic acids is 1. The van der Waals surface area contributed by atoms with Gasteiger partial charge in [-0.1, -0.05) is 26.2 Å². The van der Waals surface area contributed by atoms with Crippen LogP contribution in [0, 0.1) is 5.92 Å². The lowest BCUT2D eigenvalue weighted by molar-refractivity contribution is -0.143. The highest BCUT2D eigenvalue weighted by atomic mass is 16.4. The van der Waals surface area contributed by atoms with E-state index in [9.17, 15) is 9.59 Å². The van der Waals surface area contributed by atoms with Gasteiger partial charge in [-0.3, -0.25) is 9.59 Å². The van der Waals surface area contributed by atoms with E-state index < -0.39 is 11.9 Å². The molecule has 0 saturated carbocycles. The molecule has 0 aliphatic carbocycles. The summed E-state index contributed by atoms with van der Waals surface area (Å²) in [6, 6.07) is 0. The molecule has 0 rings (SSSR count). The molecule has 0 amide bonds. The number of rotatable bonds is 8. The highest BCUT2D eigenvalue weighted by molar-refractivity contribution is 5.84. The van der Waals surface area contributed by atoms with Crippen molar-refractivity contribution in [1.82, 2.24) is 0 Å². The number of hydrogen-bond donors (Lipinski definition) is 2. The van der Waals surface area contributed by atoms with Gasteiger partial charge in [0.2, 0.25) is 0 Å². The zero-order valence-corrected chi connectivity index (χ0v) is 8.66. The molecule has 4 heteroatoms. The van der Waals surface area contributed by atoms with E-state index in [1.807, 2.05) is 0 Å². The third-order valence-corrected chi connectivity index (χ3v) is 2.21. The molecule has 0 spiro atoms. The molecule has 0 fully saturated rings. The van der Waals surface area contributed by atoms with Crippen LogP contribution in [0.25, 0.3) is 0 Å². The maximum atomic E-state index is 11.0. The summed E-state index contributed by atoms with van der Waals surface area (Å²) < 4.78 is 0. The molecule has 82 valence electrons. The Hall–Kier alpha value is -0.900. The van der Waals surface area contributed by atoms with Gasteiger partial charge in [0.05, 0.1) is 12.5 Å². The third-order valence-electron chi connectivity index (χ3n) is 2.21. The van der Waals surface area contributed by atoms with Gasteiger partial charge in [0.15, 0.2) is 0 Å². The second-order valence-corrected chi connectivity index (χ2v) is 3.48. The van der Waals surface area contributed by atoms with Crippen LogP contribution in [0.2, 0.25) is 0 Å². The Kier molecular flexibility index (Phi) is 7.02. The molecular weight excluding hydrogens is 182 g/mol. The topological polar surface area (TPSA) is 80.4 Å². The fraction of sp³-hybridized carbons (Fsp3) is 0.800. The molecule has 3 N–H and O–H groups in total. The largest absolute Gasteiger partial charge is 0.481 e. The summed E-state index contributed by atoms with van der Waals surface area (Å²) in [5.74, 6) is -1.60. The van der Waals surface area contributed by atoms with Gasteiger partial charge in [-0.05, 0) is 6.42 Å². The summed E-state index contributed by atoms with van der Waals surface area (Å²) in [6.07, 6.45) is 3.59. The number of unbranched alkanes of at least 4 members (excludes halogenated alkanes) is 2. The van der Waals surface area contributed by atoms with Crippen LogP contribution in [0.1, 0.15) is 39.0 Å². The molecule has 0 aliphatic heterocycles. The monoisotopic (exact) mass is 201 g/mol. The fourth-order valence-corrected chi connectivity index (χ4v) is 1.31. The van der Waals surface area contributed by atoms with E-state index in [0.29, 0.717) is 6.42 Å². The molecule has 1 unspecified atom stereocenters. The van der Waals surface area contributed by atoms with Crippen molar-refractivity contribution < 1.29 is 14.7 Å². The smallest absolute Gasteiger partial charge is 0.306 e. The van der Waals surface area contributed by atoms with Gasteiger partial charge < -0.3 is 10.8 Å². The van der Waals surface area contributed by atoms with Crippen LogP contribution in [0.4, 0.5) is 0 Å². The van der Waals surface area contributed by atoms with Crippen molar-refractivity contribution in [3.8, 4) is 0 Å². The Bertz CT molecular complexity index is 192. The van der Waals surface area contributed by atoms with Crippen molar-refractivity contribution in [2.75, 3.05) is 6.54 Å². The molecule has 0 aromatic heterocycles. The van der Waals surface area contributed by atoms with E-state index in [2.05, 4.69) is 6.92 Å². The summed E-state index contributed by atoms with van der Waals surface area (Å²) in [5, 5.41) is 8.82. The lowest BCUT2D eigenvalue weighted by Crippen LogP contribution is -2.22. The van der Waals surface area contributed by atoms with E-state index in [1.165, 1.54) is 0 Å². The maximum absolute atomic E-state index is 11.0. The first kappa shape index (κ1) is 13.1. The third kappa shape index (κ3) is 5.70. The Balaban J connectivity index is 3.90. The number of carbonyl (C=O) groups is 2. The SMILES string of the molecule is CCCCCC(CC(=O)CN)C(=O)O. The van der Waals surface area contributed by atoms with E-state index in [-0.39, 0.29) is 18.7 Å². The van der Waals surface area contributed by atoms with Gasteiger partial charge >= 0.3 is 5.97 Å². The van der Waals surface area contributed by atoms with E-state index in [1.54, 1.807) is 0 Å². The van der Waals surface area contributed by atoms with Crippen LogP contribution < -0.4 is 5.73 Å². The van der Waals surface area contributed by atoms with Crippen molar-refractivity contribution in [2.45, 2.75) is 39.0 Å². The average molecular weight is 201 g/mol. The van der Waals surface area contributed by atoms with Crippen molar-refractivity contribution in [1.29, 1.82) is 0 Å². The molecule has 0 bridgehead atoms. The molecule has 0 radical (unpaired) electrons. The van der Waals surface area contributed by atoms with Gasteiger partial charge in [-0.2, -0.15) is 0 Å². The number of hydrogen-bond acceptors (Lipinski definition) is 3. The molecule has 0 heterocycles. The molecular formula is C10H19NO3. The van der Waals surface area contributed by atoms with Crippen molar-refractivity contribution in [3.05, 3.63) is 0 Å². The van der Waals surface area contributed by atoms with Crippen molar-refractivity contribution >= 4 is 11.8 Å². The first-order valence-electron chi connectivity index (χ1n) is 5.06. The molecule has 4 nitrogen and oxygen atoms in total. The lowest BCUT2D eigenvalue weighted by Gasteiger charge is -2.10. The summed E-state index contributed by atoms with van der Waals surface area (Å²) >= 11 is 0. The summed E-state index contributed by atoms with van der Waals surface area (Å²) in [7, 11) is 0. The van der Waals surface area contributed by atoms with Crippen LogP contribution in [0.5, 0.6) is 0 Å². The Morgan fingerprint density at radius 2 is 2.00 bits per heavy atom. The van der Waals surface area contributed by atoms with Crippen LogP contribution in [0.15, 0.2) is 0 Å². The second-order valence-electron chi connectivity index (χ2n) is 3.48. The predicted molar refractivity (Wildman–Crippen MR) is 53.9 cm³/mol. The van der Waals surface area contributed by atoms with E-state index >= 15 is 0 Å². The average Bonchev–Trinajstić information content (AvgIpc) is 2.16. The Morgan fingerprint density at radius 3 is 2.43 bits per heavy atom. The minimum absolute atomic E-state index is 0.0580. The summed E-state index contributed by atoms with van der Waals surface area (Å²) in [4.78, 5) is 21.7. The number of nitrogens with two attached hydrogens (primary N) is 1. The first-order chi connectivity index (χ1) is 6.61. The number of Topliss-reactive ketones (excluding diaryl/α,β-unsaturated/α-hetero) is 1. The van der Waals surface area contributed by atoms with Crippen molar-refractivity contribution in [3.63, 3.8) is 0 Å². The van der Waals surface area contributed by atoms with Crippen molar-refractivity contribution in [2.24, 2.45) is 11.7 Å². The highest BCUT2D eigenvalue weighted by Gasteiger charge is 2.19. The maximum Gasteiger partial charge on any atom is 0.306 e. The van der Waals surface area contributed by atoms with Crippen LogP contribution >= 0.6 is 0 Å². The summed E-state index contributed by atoms with van der Waals surface area (Å²) in [6.45, 7) is 2.00. The highest BCUT2D eigenvalue weighted by Crippen LogP contribution is 2.14. The minimum Gasteiger partial charge on any atom is -0.481 e. The van der Waals surface area contributed by atoms with Gasteiger partial charge in [0.25, 0.3) is 0 Å². The predicted octanol–water partition coefficient (Wildman–Crippen LogP) is 1.19. The molecule has 0 aromatic rings. The summed E-state index contributed by atoms with van der Waals surface area (Å²) in [5.41, 5.74) is 5.13. The fourth-order valence-electron chi connectivity index (χ4n) is 1.31. The zero-order valence-electron chi connectivity index (χ0n) is 8.66. The zero-order chi connectivity index (χ0) is 11.0. The normalized spacial score (nSPS) is 12.4. The van der Waals surface area contributed by atoms with Gasteiger partial charge in [0, 0.05) is 6.42 Å². The Morgan fingerprint density at radius 1 is 1.36 bits per heavy atom. The number of aliphatic carboxylic acids is 1. The van der Waals surface area contributed by atoms with Crippen LogP contribution in [-0.2, 0) is 9.59 Å². The quantitative estimate of drug-likeness (QED) is 0.578. The van der Waals surface area contributed by atoms with E-state index in [4.69, 9.17) is 10.8 Å². The Labute approximate surface area is 84.5 Å². The number of carboxylic acids is 1. The molecule has 0 saturated heterocycles. The molecule has 0 aromatic carbocycles. The number of carboxylic acid groups (broad SMARTS) is 1. The molecule has 14 heavy (non-hydrogen) atoms. The lowest BCUT2D eigenvalue weighted by atomic mass is 9.96. The number of ketones is 1. The van der Waals surface area contributed by atoms with Gasteiger partial charge in [-0.15, -0.1) is 0 Å². The molecule has 0 aliphatic rings. The standard InChI is InChI=1S/C10H19NO3/c1-2-3-4-5-8(10(13)14)6-9(12)7-11/h8H,2-7,11H2,1H3,(H,13,14). The van der Waals surface area contributed by atoms with E-state index in [0.717, 1.165) is 19.3 Å².